The molecule has 2 rings (SSSR count). The van der Waals surface area contributed by atoms with Crippen LogP contribution in [0.15, 0.2) is 15.8 Å². The Kier molecular flexibility index (Phi) is 3.86. The average molecular weight is 257 g/mol. The Morgan fingerprint density at radius 2 is 2.44 bits per heavy atom. The Balaban J connectivity index is 2.00. The Labute approximate surface area is 101 Å². The van der Waals surface area contributed by atoms with Crippen LogP contribution in [0.25, 0.3) is 0 Å². The SMILES string of the molecule is COCCc1nsc(Sc2ncnn2C)n1. The maximum Gasteiger partial charge on any atom is 0.192 e. The van der Waals surface area contributed by atoms with Crippen LogP contribution in [0.3, 0.4) is 0 Å². The smallest absolute Gasteiger partial charge is 0.192 e. The van der Waals surface area contributed by atoms with E-state index in [1.807, 2.05) is 7.05 Å². The lowest BCUT2D eigenvalue weighted by Gasteiger charge is -1.94. The number of ether oxygens (including phenoxy) is 1. The fourth-order valence-corrected chi connectivity index (χ4v) is 2.56. The molecule has 0 unspecified atom stereocenters. The van der Waals surface area contributed by atoms with Gasteiger partial charge in [-0.3, -0.25) is 0 Å². The molecule has 0 saturated heterocycles. The van der Waals surface area contributed by atoms with Crippen LogP contribution in [-0.2, 0) is 18.2 Å². The molecule has 0 radical (unpaired) electrons. The van der Waals surface area contributed by atoms with Crippen LogP contribution in [0.2, 0.25) is 0 Å². The molecule has 2 aromatic rings. The van der Waals surface area contributed by atoms with Gasteiger partial charge >= 0.3 is 0 Å². The van der Waals surface area contributed by atoms with E-state index in [0.717, 1.165) is 21.7 Å². The first kappa shape index (κ1) is 11.5. The lowest BCUT2D eigenvalue weighted by atomic mass is 10.4. The zero-order chi connectivity index (χ0) is 11.4. The minimum atomic E-state index is 0.644. The summed E-state index contributed by atoms with van der Waals surface area (Å²) in [7, 11) is 3.52. The second-order valence-corrected chi connectivity index (χ2v) is 4.95. The van der Waals surface area contributed by atoms with Crippen LogP contribution >= 0.6 is 23.3 Å². The minimum absolute atomic E-state index is 0.644. The normalized spacial score (nSPS) is 10.9. The Morgan fingerprint density at radius 3 is 3.12 bits per heavy atom. The first-order valence-corrected chi connectivity index (χ1v) is 6.22. The van der Waals surface area contributed by atoms with Gasteiger partial charge in [0, 0.05) is 20.6 Å². The number of aryl methyl sites for hydroxylation is 1. The molecular formula is C8H11N5OS2. The zero-order valence-electron chi connectivity index (χ0n) is 8.95. The zero-order valence-corrected chi connectivity index (χ0v) is 10.6. The number of hydrogen-bond acceptors (Lipinski definition) is 7. The maximum atomic E-state index is 4.97. The minimum Gasteiger partial charge on any atom is -0.384 e. The number of rotatable bonds is 5. The van der Waals surface area contributed by atoms with Gasteiger partial charge in [0.1, 0.15) is 12.2 Å². The van der Waals surface area contributed by atoms with Crippen molar-refractivity contribution in [3.63, 3.8) is 0 Å². The van der Waals surface area contributed by atoms with Crippen LogP contribution in [-0.4, -0.2) is 37.8 Å². The molecule has 16 heavy (non-hydrogen) atoms. The third kappa shape index (κ3) is 2.77. The van der Waals surface area contributed by atoms with Crippen molar-refractivity contribution in [3.05, 3.63) is 12.2 Å². The molecule has 86 valence electrons. The largest absolute Gasteiger partial charge is 0.384 e. The van der Waals surface area contributed by atoms with Crippen molar-refractivity contribution in [2.75, 3.05) is 13.7 Å². The molecule has 0 saturated carbocycles. The highest BCUT2D eigenvalue weighted by atomic mass is 32.2. The van der Waals surface area contributed by atoms with Gasteiger partial charge in [0.2, 0.25) is 0 Å². The van der Waals surface area contributed by atoms with E-state index in [1.165, 1.54) is 29.6 Å². The van der Waals surface area contributed by atoms with Gasteiger partial charge in [0.05, 0.1) is 6.61 Å². The molecule has 0 fully saturated rings. The summed E-state index contributed by atoms with van der Waals surface area (Å²) < 4.78 is 11.8. The van der Waals surface area contributed by atoms with E-state index in [-0.39, 0.29) is 0 Å². The van der Waals surface area contributed by atoms with Crippen molar-refractivity contribution in [2.24, 2.45) is 7.05 Å². The third-order valence-electron chi connectivity index (χ3n) is 1.83. The predicted octanol–water partition coefficient (Wildman–Crippen LogP) is 1.01. The topological polar surface area (TPSA) is 65.7 Å². The van der Waals surface area contributed by atoms with E-state index >= 15 is 0 Å². The van der Waals surface area contributed by atoms with Gasteiger partial charge in [-0.05, 0) is 23.3 Å². The quantitative estimate of drug-likeness (QED) is 0.796. The van der Waals surface area contributed by atoms with Gasteiger partial charge in [-0.2, -0.15) is 9.47 Å². The van der Waals surface area contributed by atoms with Gasteiger partial charge in [-0.25, -0.2) is 14.6 Å². The van der Waals surface area contributed by atoms with E-state index in [1.54, 1.807) is 11.8 Å². The van der Waals surface area contributed by atoms with E-state index in [2.05, 4.69) is 19.4 Å². The van der Waals surface area contributed by atoms with Crippen LogP contribution in [0.4, 0.5) is 0 Å². The molecule has 0 aliphatic rings. The Bertz CT molecular complexity index is 455. The summed E-state index contributed by atoms with van der Waals surface area (Å²) in [6.07, 6.45) is 2.27. The molecule has 8 heteroatoms. The van der Waals surface area contributed by atoms with Crippen LogP contribution < -0.4 is 0 Å². The molecule has 0 bridgehead atoms. The van der Waals surface area contributed by atoms with E-state index in [4.69, 9.17) is 4.74 Å². The predicted molar refractivity (Wildman–Crippen MR) is 60.6 cm³/mol. The molecule has 0 aliphatic carbocycles. The summed E-state index contributed by atoms with van der Waals surface area (Å²) in [4.78, 5) is 8.48. The van der Waals surface area contributed by atoms with E-state index < -0.39 is 0 Å². The van der Waals surface area contributed by atoms with Gasteiger partial charge < -0.3 is 4.74 Å². The summed E-state index contributed by atoms with van der Waals surface area (Å²) in [5.74, 6) is 0.816. The van der Waals surface area contributed by atoms with Crippen molar-refractivity contribution in [2.45, 2.75) is 15.9 Å². The van der Waals surface area contributed by atoms with E-state index in [9.17, 15) is 0 Å². The maximum absolute atomic E-state index is 4.97. The van der Waals surface area contributed by atoms with E-state index in [0.29, 0.717) is 6.61 Å². The van der Waals surface area contributed by atoms with Crippen molar-refractivity contribution >= 4 is 23.3 Å². The molecule has 2 aromatic heterocycles. The molecule has 6 nitrogen and oxygen atoms in total. The molecule has 0 spiro atoms. The number of aromatic nitrogens is 5. The molecule has 0 N–H and O–H groups in total. The van der Waals surface area contributed by atoms with Crippen molar-refractivity contribution in [1.29, 1.82) is 0 Å². The van der Waals surface area contributed by atoms with Crippen molar-refractivity contribution < 1.29 is 4.74 Å². The highest BCUT2D eigenvalue weighted by molar-refractivity contribution is 8.00. The first-order chi connectivity index (χ1) is 7.79. The highest BCUT2D eigenvalue weighted by Gasteiger charge is 2.09. The monoisotopic (exact) mass is 257 g/mol. The summed E-state index contributed by atoms with van der Waals surface area (Å²) in [6, 6.07) is 0. The number of nitrogens with zero attached hydrogens (tertiary/aromatic N) is 5. The first-order valence-electron chi connectivity index (χ1n) is 4.63. The lowest BCUT2D eigenvalue weighted by molar-refractivity contribution is 0.200. The number of methoxy groups -OCH3 is 1. The van der Waals surface area contributed by atoms with Gasteiger partial charge in [-0.15, -0.1) is 0 Å². The summed E-state index contributed by atoms with van der Waals surface area (Å²) >= 11 is 2.84. The van der Waals surface area contributed by atoms with Gasteiger partial charge in [0.25, 0.3) is 0 Å². The molecule has 0 aromatic carbocycles. The van der Waals surface area contributed by atoms with Crippen molar-refractivity contribution in [3.8, 4) is 0 Å². The van der Waals surface area contributed by atoms with Crippen LogP contribution in [0.5, 0.6) is 0 Å². The number of hydrogen-bond donors (Lipinski definition) is 0. The third-order valence-corrected chi connectivity index (χ3v) is 3.67. The van der Waals surface area contributed by atoms with Gasteiger partial charge in [-0.1, -0.05) is 0 Å². The standard InChI is InChI=1S/C8H11N5OS2/c1-13-7(9-5-10-13)15-8-11-6(12-16-8)3-4-14-2/h5H,3-4H2,1-2H3. The molecular weight excluding hydrogens is 246 g/mol. The second kappa shape index (κ2) is 5.37. The van der Waals surface area contributed by atoms with Crippen LogP contribution in [0, 0.1) is 0 Å². The Morgan fingerprint density at radius 1 is 1.56 bits per heavy atom. The summed E-state index contributed by atoms with van der Waals surface area (Å²) in [5, 5.41) is 4.80. The molecule has 0 aliphatic heterocycles. The van der Waals surface area contributed by atoms with Crippen LogP contribution in [0.1, 0.15) is 5.82 Å². The molecule has 0 amide bonds. The summed E-state index contributed by atoms with van der Waals surface area (Å²) in [6.45, 7) is 0.644. The highest BCUT2D eigenvalue weighted by Crippen LogP contribution is 2.26. The Hall–Kier alpha value is -0.990. The fraction of sp³-hybridized carbons (Fsp3) is 0.500. The summed E-state index contributed by atoms with van der Waals surface area (Å²) in [5.41, 5.74) is 0. The molecule has 0 atom stereocenters. The second-order valence-electron chi connectivity index (χ2n) is 2.99. The molecule has 2 heterocycles. The van der Waals surface area contributed by atoms with Crippen molar-refractivity contribution in [1.82, 2.24) is 24.1 Å². The average Bonchev–Trinajstić information content (AvgIpc) is 2.87. The fourth-order valence-electron chi connectivity index (χ4n) is 1.03. The lowest BCUT2D eigenvalue weighted by Crippen LogP contribution is -1.96. The van der Waals surface area contributed by atoms with Gasteiger partial charge in [0.15, 0.2) is 9.50 Å².